The second-order valence-electron chi connectivity index (χ2n) is 17.1. The topological polar surface area (TPSA) is 21.7 Å². The second-order valence-corrected chi connectivity index (χ2v) is 17.1. The van der Waals surface area contributed by atoms with Crippen LogP contribution < -0.4 is 14.4 Å². The number of benzene rings is 10. The minimum Gasteiger partial charge on any atom is -0.457 e. The third-order valence-corrected chi connectivity index (χ3v) is 14.2. The van der Waals surface area contributed by atoms with E-state index < -0.39 is 10.8 Å². The molecule has 2 aliphatic carbocycles. The highest BCUT2D eigenvalue weighted by Crippen LogP contribution is 2.65. The maximum absolute atomic E-state index is 6.71. The average molecular weight is 804 g/mol. The molecule has 10 aromatic rings. The van der Waals surface area contributed by atoms with Gasteiger partial charge in [-0.3, -0.25) is 0 Å². The van der Waals surface area contributed by atoms with E-state index in [2.05, 4.69) is 229 Å². The molecule has 2 spiro atoms. The summed E-state index contributed by atoms with van der Waals surface area (Å²) in [5.41, 5.74) is 16.6. The van der Waals surface area contributed by atoms with Gasteiger partial charge in [0.05, 0.1) is 10.8 Å². The molecule has 2 heterocycles. The van der Waals surface area contributed by atoms with Gasteiger partial charge in [0.2, 0.25) is 0 Å². The average Bonchev–Trinajstić information content (AvgIpc) is 3.79. The predicted molar refractivity (Wildman–Crippen MR) is 253 cm³/mol. The monoisotopic (exact) mass is 803 g/mol. The Bertz CT molecular complexity index is 3280. The first kappa shape index (κ1) is 34.6. The van der Waals surface area contributed by atoms with Crippen molar-refractivity contribution in [1.82, 2.24) is 0 Å². The van der Waals surface area contributed by atoms with Crippen molar-refractivity contribution >= 4 is 27.8 Å². The molecule has 3 nitrogen and oxygen atoms in total. The lowest BCUT2D eigenvalue weighted by Gasteiger charge is -2.40. The van der Waals surface area contributed by atoms with Crippen LogP contribution in [0, 0.1) is 0 Å². The van der Waals surface area contributed by atoms with Gasteiger partial charge >= 0.3 is 0 Å². The van der Waals surface area contributed by atoms with Crippen LogP contribution in [0.15, 0.2) is 224 Å². The molecule has 0 N–H and O–H groups in total. The van der Waals surface area contributed by atoms with Gasteiger partial charge in [-0.25, -0.2) is 0 Å². The van der Waals surface area contributed by atoms with Gasteiger partial charge in [-0.1, -0.05) is 164 Å². The van der Waals surface area contributed by atoms with Crippen molar-refractivity contribution in [3.8, 4) is 45.3 Å². The maximum Gasteiger partial charge on any atom is 0.132 e. The zero-order valence-electron chi connectivity index (χ0n) is 34.1. The molecular weight excluding hydrogens is 767 g/mol. The summed E-state index contributed by atoms with van der Waals surface area (Å²) in [6.45, 7) is 0. The number of nitrogens with zero attached hydrogens (tertiary/aromatic N) is 1. The normalized spacial score (nSPS) is 14.5. The maximum atomic E-state index is 6.71. The molecule has 294 valence electrons. The van der Waals surface area contributed by atoms with E-state index in [-0.39, 0.29) is 0 Å². The molecule has 0 fully saturated rings. The van der Waals surface area contributed by atoms with Crippen LogP contribution in [0.4, 0.5) is 17.1 Å². The highest BCUT2D eigenvalue weighted by Gasteiger charge is 2.53. The van der Waals surface area contributed by atoms with Gasteiger partial charge in [0.15, 0.2) is 0 Å². The van der Waals surface area contributed by atoms with Gasteiger partial charge in [0.25, 0.3) is 0 Å². The van der Waals surface area contributed by atoms with Crippen molar-refractivity contribution in [3.05, 3.63) is 269 Å². The van der Waals surface area contributed by atoms with Gasteiger partial charge in [0.1, 0.15) is 23.0 Å². The third-order valence-electron chi connectivity index (χ3n) is 14.2. The Kier molecular flexibility index (Phi) is 6.97. The summed E-state index contributed by atoms with van der Waals surface area (Å²) in [5.74, 6) is 3.54. The van der Waals surface area contributed by atoms with Crippen LogP contribution in [0.2, 0.25) is 0 Å². The fourth-order valence-corrected chi connectivity index (χ4v) is 11.7. The Morgan fingerprint density at radius 1 is 0.254 bits per heavy atom. The molecule has 2 aliphatic heterocycles. The highest BCUT2D eigenvalue weighted by molar-refractivity contribution is 5.95. The summed E-state index contributed by atoms with van der Waals surface area (Å²) in [4.78, 5) is 2.47. The summed E-state index contributed by atoms with van der Waals surface area (Å²) < 4.78 is 13.4. The second kappa shape index (κ2) is 12.7. The molecule has 0 bridgehead atoms. The fourth-order valence-electron chi connectivity index (χ4n) is 11.7. The summed E-state index contributed by atoms with van der Waals surface area (Å²) in [5, 5.41) is 2.40. The van der Waals surface area contributed by atoms with E-state index in [0.717, 1.165) is 62.3 Å². The van der Waals surface area contributed by atoms with E-state index in [9.17, 15) is 0 Å². The highest BCUT2D eigenvalue weighted by atomic mass is 16.5. The Hall–Kier alpha value is -8.14. The van der Waals surface area contributed by atoms with Crippen LogP contribution >= 0.6 is 0 Å². The van der Waals surface area contributed by atoms with Crippen molar-refractivity contribution in [3.63, 3.8) is 0 Å². The van der Waals surface area contributed by atoms with Crippen LogP contribution in [-0.2, 0) is 10.8 Å². The van der Waals surface area contributed by atoms with Crippen LogP contribution in [-0.4, -0.2) is 0 Å². The molecule has 0 amide bonds. The minimum absolute atomic E-state index is 0.596. The molecule has 0 unspecified atom stereocenters. The summed E-state index contributed by atoms with van der Waals surface area (Å²) in [7, 11) is 0. The van der Waals surface area contributed by atoms with Crippen molar-refractivity contribution in [1.29, 1.82) is 0 Å². The SMILES string of the molecule is c1ccc2c(c1)Oc1ccccc1C21c2ccccc2-c2ccc(N(c3ccc4c(c3)C3(c5ccccc5Oc5ccccc53)c3ccccc3-4)c3ccc4ccccc4c3)cc21. The molecule has 63 heavy (non-hydrogen) atoms. The Morgan fingerprint density at radius 2 is 0.587 bits per heavy atom. The molecule has 3 heteroatoms. The van der Waals surface area contributed by atoms with Gasteiger partial charge in [0, 0.05) is 39.3 Å². The quantitative estimate of drug-likeness (QED) is 0.178. The zero-order valence-corrected chi connectivity index (χ0v) is 34.1. The van der Waals surface area contributed by atoms with Crippen LogP contribution in [0.1, 0.15) is 44.5 Å². The summed E-state index contributed by atoms with van der Waals surface area (Å²) in [6.07, 6.45) is 0. The third kappa shape index (κ3) is 4.48. The van der Waals surface area contributed by atoms with Crippen molar-refractivity contribution in [2.24, 2.45) is 0 Å². The molecule has 14 rings (SSSR count). The lowest BCUT2D eigenvalue weighted by atomic mass is 9.66. The van der Waals surface area contributed by atoms with Gasteiger partial charge in [-0.15, -0.1) is 0 Å². The standard InChI is InChI=1S/C60H37NO2/c1-2-16-39-35-40(30-29-38(39)15-1)61(41-31-33-45-43-17-3-5-19-47(43)59(53(45)36-41)49-21-7-11-25-55(49)62-56-26-12-8-22-50(56)59)42-32-34-46-44-18-4-6-20-48(44)60(54(46)37-42)51-23-9-13-27-57(51)63-58-28-14-10-24-52(58)60/h1-37H. The lowest BCUT2D eigenvalue weighted by Crippen LogP contribution is -2.32. The van der Waals surface area contributed by atoms with Crippen molar-refractivity contribution in [2.45, 2.75) is 10.8 Å². The van der Waals surface area contributed by atoms with E-state index in [4.69, 9.17) is 9.47 Å². The van der Waals surface area contributed by atoms with E-state index in [0.29, 0.717) is 0 Å². The Morgan fingerprint density at radius 3 is 1.05 bits per heavy atom. The number of ether oxygens (including phenoxy) is 2. The van der Waals surface area contributed by atoms with E-state index in [1.165, 1.54) is 55.3 Å². The zero-order chi connectivity index (χ0) is 41.3. The van der Waals surface area contributed by atoms with Crippen molar-refractivity contribution < 1.29 is 9.47 Å². The number of fused-ring (bicyclic) bond motifs is 19. The molecule has 0 radical (unpaired) electrons. The number of para-hydroxylation sites is 4. The largest absolute Gasteiger partial charge is 0.457 e. The number of hydrogen-bond donors (Lipinski definition) is 0. The van der Waals surface area contributed by atoms with E-state index in [1.54, 1.807) is 0 Å². The first-order chi connectivity index (χ1) is 31.2. The smallest absolute Gasteiger partial charge is 0.132 e. The van der Waals surface area contributed by atoms with E-state index in [1.807, 2.05) is 0 Å². The predicted octanol–water partition coefficient (Wildman–Crippen LogP) is 15.2. The van der Waals surface area contributed by atoms with Gasteiger partial charge < -0.3 is 14.4 Å². The molecule has 10 aromatic carbocycles. The van der Waals surface area contributed by atoms with Crippen molar-refractivity contribution in [2.75, 3.05) is 4.90 Å². The lowest BCUT2D eigenvalue weighted by molar-refractivity contribution is 0.436. The molecular formula is C60H37NO2. The summed E-state index contributed by atoms with van der Waals surface area (Å²) >= 11 is 0. The molecule has 0 saturated heterocycles. The van der Waals surface area contributed by atoms with Gasteiger partial charge in [-0.05, 0) is 116 Å². The molecule has 0 aromatic heterocycles. The van der Waals surface area contributed by atoms with Crippen LogP contribution in [0.25, 0.3) is 33.0 Å². The summed E-state index contributed by atoms with van der Waals surface area (Å²) in [6, 6.07) is 82.0. The first-order valence-electron chi connectivity index (χ1n) is 21.7. The number of anilines is 3. The van der Waals surface area contributed by atoms with Gasteiger partial charge in [-0.2, -0.15) is 0 Å². The molecule has 0 atom stereocenters. The molecule has 0 saturated carbocycles. The number of hydrogen-bond acceptors (Lipinski definition) is 3. The Labute approximate surface area is 365 Å². The first-order valence-corrected chi connectivity index (χ1v) is 21.7. The number of rotatable bonds is 3. The fraction of sp³-hybridized carbons (Fsp3) is 0.0333. The Balaban J connectivity index is 1.06. The van der Waals surface area contributed by atoms with Crippen LogP contribution in [0.5, 0.6) is 23.0 Å². The van der Waals surface area contributed by atoms with Crippen LogP contribution in [0.3, 0.4) is 0 Å². The van der Waals surface area contributed by atoms with E-state index >= 15 is 0 Å². The minimum atomic E-state index is -0.596. The molecule has 4 aliphatic rings.